The number of sulfonamides is 1. The number of ether oxygens (including phenoxy) is 3. The van der Waals surface area contributed by atoms with Gasteiger partial charge in [0.15, 0.2) is 5.60 Å². The molecule has 0 amide bonds. The first-order valence-electron chi connectivity index (χ1n) is 14.7. The van der Waals surface area contributed by atoms with Gasteiger partial charge in [-0.3, -0.25) is 0 Å². The highest BCUT2D eigenvalue weighted by Crippen LogP contribution is 2.47. The first kappa shape index (κ1) is 32.5. The van der Waals surface area contributed by atoms with Crippen molar-refractivity contribution in [1.29, 1.82) is 0 Å². The van der Waals surface area contributed by atoms with Crippen LogP contribution in [0.3, 0.4) is 0 Å². The molecule has 2 atom stereocenters. The summed E-state index contributed by atoms with van der Waals surface area (Å²) in [7, 11) is -1.97. The van der Waals surface area contributed by atoms with E-state index in [0.717, 1.165) is 0 Å². The summed E-state index contributed by atoms with van der Waals surface area (Å²) in [4.78, 5) is 8.99. The molecule has 0 aliphatic carbocycles. The molecule has 0 spiro atoms. The van der Waals surface area contributed by atoms with Gasteiger partial charge in [0, 0.05) is 35.7 Å². The van der Waals surface area contributed by atoms with Crippen molar-refractivity contribution in [2.45, 2.75) is 51.9 Å². The Bertz CT molecular complexity index is 1810. The SMILES string of the molecule is CCC(N(CC)S(=O)(=O)CC)C1(c2cc3c(Nc4ccc(OCc5cccc(F)c5)c(Cl)c4)ncnc3cc2OC)CC=CO1. The van der Waals surface area contributed by atoms with Crippen LogP contribution >= 0.6 is 11.6 Å². The van der Waals surface area contributed by atoms with E-state index in [0.29, 0.717) is 69.4 Å². The molecule has 2 heterocycles. The van der Waals surface area contributed by atoms with Crippen molar-refractivity contribution in [3.05, 3.63) is 95.2 Å². The molecule has 238 valence electrons. The van der Waals surface area contributed by atoms with Crippen LogP contribution in [-0.2, 0) is 27.0 Å². The number of hydrogen-bond donors (Lipinski definition) is 1. The number of fused-ring (bicyclic) bond motifs is 1. The molecule has 0 fully saturated rings. The van der Waals surface area contributed by atoms with Gasteiger partial charge in [-0.1, -0.05) is 37.6 Å². The quantitative estimate of drug-likeness (QED) is 0.160. The number of rotatable bonds is 13. The number of anilines is 2. The van der Waals surface area contributed by atoms with Crippen LogP contribution in [0, 0.1) is 5.82 Å². The molecular formula is C33H36ClFN4O5S. The molecule has 1 aliphatic heterocycles. The molecule has 2 unspecified atom stereocenters. The molecule has 12 heteroatoms. The van der Waals surface area contributed by atoms with Gasteiger partial charge in [-0.2, -0.15) is 4.31 Å². The van der Waals surface area contributed by atoms with Gasteiger partial charge in [0.05, 0.1) is 35.7 Å². The Morgan fingerprint density at radius 2 is 1.93 bits per heavy atom. The summed E-state index contributed by atoms with van der Waals surface area (Å²) in [6.45, 7) is 5.90. The van der Waals surface area contributed by atoms with Crippen LogP contribution in [0.5, 0.6) is 11.5 Å². The average molecular weight is 655 g/mol. The zero-order valence-electron chi connectivity index (χ0n) is 25.6. The maximum atomic E-state index is 13.5. The lowest BCUT2D eigenvalue weighted by Gasteiger charge is -2.42. The highest BCUT2D eigenvalue weighted by Gasteiger charge is 2.49. The molecule has 9 nitrogen and oxygen atoms in total. The number of likely N-dealkylation sites (N-methyl/N-ethyl adjacent to an activating group) is 1. The van der Waals surface area contributed by atoms with E-state index in [2.05, 4.69) is 15.3 Å². The second-order valence-corrected chi connectivity index (χ2v) is 13.2. The lowest BCUT2D eigenvalue weighted by atomic mass is 9.81. The lowest BCUT2D eigenvalue weighted by Crippen LogP contribution is -2.53. The van der Waals surface area contributed by atoms with Gasteiger partial charge in [-0.15, -0.1) is 0 Å². The second kappa shape index (κ2) is 13.6. The first-order valence-corrected chi connectivity index (χ1v) is 16.7. The average Bonchev–Trinajstić information content (AvgIpc) is 3.53. The van der Waals surface area contributed by atoms with Crippen molar-refractivity contribution < 1.29 is 27.0 Å². The fourth-order valence-corrected chi connectivity index (χ4v) is 7.52. The van der Waals surface area contributed by atoms with Crippen LogP contribution in [0.1, 0.15) is 44.7 Å². The number of aromatic nitrogens is 2. The van der Waals surface area contributed by atoms with E-state index in [-0.39, 0.29) is 18.2 Å². The van der Waals surface area contributed by atoms with Crippen molar-refractivity contribution in [3.63, 3.8) is 0 Å². The van der Waals surface area contributed by atoms with Crippen LogP contribution in [0.2, 0.25) is 5.02 Å². The highest BCUT2D eigenvalue weighted by atomic mass is 35.5. The zero-order chi connectivity index (χ0) is 32.2. The minimum Gasteiger partial charge on any atom is -0.496 e. The molecule has 0 bridgehead atoms. The summed E-state index contributed by atoms with van der Waals surface area (Å²) in [5.74, 6) is 1.14. The largest absolute Gasteiger partial charge is 0.496 e. The van der Waals surface area contributed by atoms with E-state index in [1.165, 1.54) is 22.8 Å². The monoisotopic (exact) mass is 654 g/mol. The number of nitrogens with one attached hydrogen (secondary N) is 1. The Morgan fingerprint density at radius 3 is 2.58 bits per heavy atom. The standard InChI is InChI=1S/C33H36ClFN4O5S/c1-5-31(39(6-2)45(40,41)7-3)33(14-9-15-44-33)26-18-25-28(19-30(26)42-4)36-21-37-32(25)38-24-12-13-29(27(34)17-24)43-20-22-10-8-11-23(35)16-22/h8-13,15-19,21,31H,5-7,14,20H2,1-4H3,(H,36,37,38). The number of hydrogen-bond acceptors (Lipinski definition) is 8. The Balaban J connectivity index is 1.51. The minimum absolute atomic E-state index is 0.0190. The molecule has 0 radical (unpaired) electrons. The van der Waals surface area contributed by atoms with Crippen molar-refractivity contribution >= 4 is 44.0 Å². The summed E-state index contributed by atoms with van der Waals surface area (Å²) in [6, 6.07) is 14.7. The van der Waals surface area contributed by atoms with E-state index in [4.69, 9.17) is 25.8 Å². The van der Waals surface area contributed by atoms with E-state index < -0.39 is 21.7 Å². The van der Waals surface area contributed by atoms with Crippen LogP contribution in [0.25, 0.3) is 10.9 Å². The number of benzene rings is 3. The molecular weight excluding hydrogens is 619 g/mol. The topological polar surface area (TPSA) is 103 Å². The second-order valence-electron chi connectivity index (χ2n) is 10.6. The Morgan fingerprint density at radius 1 is 1.11 bits per heavy atom. The van der Waals surface area contributed by atoms with Gasteiger partial charge in [0.2, 0.25) is 10.0 Å². The lowest BCUT2D eigenvalue weighted by molar-refractivity contribution is -0.0253. The zero-order valence-corrected chi connectivity index (χ0v) is 27.2. The molecule has 0 saturated heterocycles. The van der Waals surface area contributed by atoms with Crippen LogP contribution in [-0.4, -0.2) is 48.1 Å². The van der Waals surface area contributed by atoms with Gasteiger partial charge in [0.25, 0.3) is 0 Å². The van der Waals surface area contributed by atoms with Gasteiger partial charge >= 0.3 is 0 Å². The number of nitrogens with zero attached hydrogens (tertiary/aromatic N) is 3. The molecule has 4 aromatic rings. The fourth-order valence-electron chi connectivity index (χ4n) is 5.85. The van der Waals surface area contributed by atoms with E-state index in [9.17, 15) is 12.8 Å². The fraction of sp³-hybridized carbons (Fsp3) is 0.333. The highest BCUT2D eigenvalue weighted by molar-refractivity contribution is 7.89. The van der Waals surface area contributed by atoms with Gasteiger partial charge in [0.1, 0.15) is 36.1 Å². The van der Waals surface area contributed by atoms with Crippen LogP contribution < -0.4 is 14.8 Å². The normalized spacial score (nSPS) is 17.0. The molecule has 0 saturated carbocycles. The van der Waals surface area contributed by atoms with Crippen molar-refractivity contribution in [2.24, 2.45) is 0 Å². The third-order valence-corrected chi connectivity index (χ3v) is 10.2. The Labute approximate surface area is 268 Å². The van der Waals surface area contributed by atoms with Crippen LogP contribution in [0.4, 0.5) is 15.9 Å². The Hall–Kier alpha value is -3.93. The van der Waals surface area contributed by atoms with Gasteiger partial charge < -0.3 is 19.5 Å². The minimum atomic E-state index is -3.54. The van der Waals surface area contributed by atoms with Crippen molar-refractivity contribution in [1.82, 2.24) is 14.3 Å². The maximum absolute atomic E-state index is 13.5. The number of halogens is 2. The summed E-state index contributed by atoms with van der Waals surface area (Å²) >= 11 is 6.56. The summed E-state index contributed by atoms with van der Waals surface area (Å²) in [6.07, 6.45) is 5.94. The van der Waals surface area contributed by atoms with Gasteiger partial charge in [-0.25, -0.2) is 22.8 Å². The molecule has 1 aromatic heterocycles. The smallest absolute Gasteiger partial charge is 0.214 e. The predicted molar refractivity (Wildman–Crippen MR) is 174 cm³/mol. The molecule has 1 N–H and O–H groups in total. The summed E-state index contributed by atoms with van der Waals surface area (Å²) < 4.78 is 59.6. The molecule has 45 heavy (non-hydrogen) atoms. The van der Waals surface area contributed by atoms with E-state index in [1.807, 2.05) is 32.1 Å². The third kappa shape index (κ3) is 6.56. The molecule has 1 aliphatic rings. The van der Waals surface area contributed by atoms with E-state index in [1.54, 1.807) is 50.6 Å². The summed E-state index contributed by atoms with van der Waals surface area (Å²) in [5, 5.41) is 4.38. The maximum Gasteiger partial charge on any atom is 0.214 e. The molecule has 5 rings (SSSR count). The third-order valence-electron chi connectivity index (χ3n) is 7.99. The predicted octanol–water partition coefficient (Wildman–Crippen LogP) is 7.33. The van der Waals surface area contributed by atoms with Crippen LogP contribution in [0.15, 0.2) is 73.3 Å². The van der Waals surface area contributed by atoms with E-state index >= 15 is 0 Å². The number of methoxy groups -OCH3 is 1. The summed E-state index contributed by atoms with van der Waals surface area (Å²) in [5.41, 5.74) is 1.62. The van der Waals surface area contributed by atoms with Crippen molar-refractivity contribution in [3.8, 4) is 11.5 Å². The Kier molecular flexibility index (Phi) is 9.81. The van der Waals surface area contributed by atoms with Crippen molar-refractivity contribution in [2.75, 3.05) is 24.7 Å². The molecule has 3 aromatic carbocycles. The first-order chi connectivity index (χ1) is 21.6. The van der Waals surface area contributed by atoms with Gasteiger partial charge in [-0.05, 0) is 61.4 Å².